The summed E-state index contributed by atoms with van der Waals surface area (Å²) < 4.78 is 40.9. The number of piperidine rings is 1. The lowest BCUT2D eigenvalue weighted by molar-refractivity contribution is -0.189. The van der Waals surface area contributed by atoms with Gasteiger partial charge in [0.2, 0.25) is 5.91 Å². The zero-order valence-electron chi connectivity index (χ0n) is 21.2. The van der Waals surface area contributed by atoms with E-state index in [0.717, 1.165) is 27.1 Å². The molecule has 2 N–H and O–H groups in total. The van der Waals surface area contributed by atoms with Crippen molar-refractivity contribution in [1.29, 1.82) is 0 Å². The predicted molar refractivity (Wildman–Crippen MR) is 141 cm³/mol. The molecular weight excluding hydrogens is 507 g/mol. The molecule has 39 heavy (non-hydrogen) atoms. The molecule has 1 saturated heterocycles. The van der Waals surface area contributed by atoms with E-state index in [4.69, 9.17) is 0 Å². The number of aromatic nitrogens is 2. The lowest BCUT2D eigenvalue weighted by Crippen LogP contribution is -2.55. The van der Waals surface area contributed by atoms with Crippen molar-refractivity contribution < 1.29 is 22.8 Å². The standard InChI is InChI=1S/C29H28F3N5O2/c30-29(31,32)28(39)37(17-18-9-12-33-23-7-3-1-5-20(18)23)19-10-13-36(14-11-19)27(38)25-15-22-21-6-2-4-8-24(21)35-26(22)16-34-25/h1-9,12,19,25,34-35H,10-11,13-17H2/t25-/m0/s1. The third-order valence-corrected chi connectivity index (χ3v) is 7.93. The summed E-state index contributed by atoms with van der Waals surface area (Å²) in [5, 5.41) is 5.14. The maximum atomic E-state index is 13.6. The Kier molecular flexibility index (Phi) is 6.50. The third kappa shape index (κ3) is 4.85. The molecule has 2 aliphatic heterocycles. The number of rotatable bonds is 4. The van der Waals surface area contributed by atoms with Crippen LogP contribution in [0.25, 0.3) is 21.8 Å². The summed E-state index contributed by atoms with van der Waals surface area (Å²) in [6, 6.07) is 15.8. The number of nitrogens with zero attached hydrogens (tertiary/aromatic N) is 3. The normalized spacial score (nSPS) is 18.3. The fourth-order valence-corrected chi connectivity index (χ4v) is 5.94. The fraction of sp³-hybridized carbons (Fsp3) is 0.345. The second kappa shape index (κ2) is 10.00. The Bertz CT molecular complexity index is 1540. The van der Waals surface area contributed by atoms with E-state index in [2.05, 4.69) is 15.3 Å². The van der Waals surface area contributed by atoms with Gasteiger partial charge in [-0.1, -0.05) is 36.4 Å². The van der Waals surface area contributed by atoms with E-state index in [0.29, 0.717) is 42.5 Å². The van der Waals surface area contributed by atoms with Crippen molar-refractivity contribution in [2.24, 2.45) is 0 Å². The summed E-state index contributed by atoms with van der Waals surface area (Å²) in [6.45, 7) is 0.959. The average Bonchev–Trinajstić information content (AvgIpc) is 3.33. The van der Waals surface area contributed by atoms with Crippen molar-refractivity contribution in [1.82, 2.24) is 25.1 Å². The molecule has 1 fully saturated rings. The molecule has 2 aliphatic rings. The molecule has 0 unspecified atom stereocenters. The number of amides is 2. The van der Waals surface area contributed by atoms with Gasteiger partial charge < -0.3 is 14.8 Å². The summed E-state index contributed by atoms with van der Waals surface area (Å²) in [5.74, 6) is -1.91. The van der Waals surface area contributed by atoms with Gasteiger partial charge in [0, 0.05) is 60.4 Å². The Balaban J connectivity index is 1.16. The minimum absolute atomic E-state index is 0.0572. The van der Waals surface area contributed by atoms with Crippen LogP contribution in [-0.4, -0.2) is 62.9 Å². The molecule has 4 aromatic rings. The fourth-order valence-electron chi connectivity index (χ4n) is 5.94. The number of H-pyrrole nitrogens is 1. The first-order valence-corrected chi connectivity index (χ1v) is 13.1. The van der Waals surface area contributed by atoms with E-state index < -0.39 is 24.2 Å². The molecular formula is C29H28F3N5O2. The lowest BCUT2D eigenvalue weighted by atomic mass is 9.96. The molecule has 0 bridgehead atoms. The van der Waals surface area contributed by atoms with Crippen LogP contribution in [0.2, 0.25) is 0 Å². The Morgan fingerprint density at radius 1 is 1.00 bits per heavy atom. The van der Waals surface area contributed by atoms with E-state index in [9.17, 15) is 22.8 Å². The summed E-state index contributed by atoms with van der Waals surface area (Å²) in [4.78, 5) is 36.3. The molecule has 0 spiro atoms. The van der Waals surface area contributed by atoms with Crippen molar-refractivity contribution in [3.05, 3.63) is 77.6 Å². The molecule has 0 aliphatic carbocycles. The minimum atomic E-state index is -4.99. The van der Waals surface area contributed by atoms with Crippen LogP contribution in [0.15, 0.2) is 60.8 Å². The van der Waals surface area contributed by atoms with Crippen molar-refractivity contribution in [3.8, 4) is 0 Å². The van der Waals surface area contributed by atoms with E-state index >= 15 is 0 Å². The van der Waals surface area contributed by atoms with Gasteiger partial charge in [-0.25, -0.2) is 0 Å². The molecule has 2 aromatic heterocycles. The van der Waals surface area contributed by atoms with Crippen LogP contribution in [0, 0.1) is 0 Å². The number of likely N-dealkylation sites (tertiary alicyclic amines) is 1. The highest BCUT2D eigenvalue weighted by molar-refractivity contribution is 5.88. The number of hydrogen-bond acceptors (Lipinski definition) is 4. The van der Waals surface area contributed by atoms with Gasteiger partial charge in [0.15, 0.2) is 0 Å². The first-order chi connectivity index (χ1) is 18.8. The number of nitrogens with one attached hydrogen (secondary N) is 2. The van der Waals surface area contributed by atoms with Crippen LogP contribution >= 0.6 is 0 Å². The maximum Gasteiger partial charge on any atom is 0.471 e. The van der Waals surface area contributed by atoms with Crippen molar-refractivity contribution in [2.75, 3.05) is 13.1 Å². The topological polar surface area (TPSA) is 81.3 Å². The Morgan fingerprint density at radius 2 is 1.72 bits per heavy atom. The highest BCUT2D eigenvalue weighted by atomic mass is 19.4. The molecule has 6 rings (SSSR count). The summed E-state index contributed by atoms with van der Waals surface area (Å²) in [5.41, 5.74) is 4.51. The Hall–Kier alpha value is -3.92. The van der Waals surface area contributed by atoms with E-state index in [1.165, 1.54) is 0 Å². The van der Waals surface area contributed by atoms with Gasteiger partial charge in [-0.05, 0) is 48.6 Å². The van der Waals surface area contributed by atoms with E-state index in [1.807, 2.05) is 30.3 Å². The number of halogens is 3. The van der Waals surface area contributed by atoms with Crippen LogP contribution in [0.5, 0.6) is 0 Å². The lowest BCUT2D eigenvalue weighted by Gasteiger charge is -2.40. The number of pyridine rings is 1. The monoisotopic (exact) mass is 535 g/mol. The van der Waals surface area contributed by atoms with Gasteiger partial charge in [-0.3, -0.25) is 19.9 Å². The quantitative estimate of drug-likeness (QED) is 0.408. The number of hydrogen-bond donors (Lipinski definition) is 2. The highest BCUT2D eigenvalue weighted by Crippen LogP contribution is 2.30. The van der Waals surface area contributed by atoms with Crippen LogP contribution in [0.1, 0.15) is 29.7 Å². The van der Waals surface area contributed by atoms with Gasteiger partial charge in [0.05, 0.1) is 11.6 Å². The number of fused-ring (bicyclic) bond motifs is 4. The number of alkyl halides is 3. The van der Waals surface area contributed by atoms with Crippen LogP contribution in [0.3, 0.4) is 0 Å². The highest BCUT2D eigenvalue weighted by Gasteiger charge is 2.45. The molecule has 4 heterocycles. The van der Waals surface area contributed by atoms with Crippen molar-refractivity contribution >= 4 is 33.6 Å². The van der Waals surface area contributed by atoms with Gasteiger partial charge in [0.25, 0.3) is 0 Å². The average molecular weight is 536 g/mol. The van der Waals surface area contributed by atoms with Gasteiger partial charge in [0.1, 0.15) is 0 Å². The van der Waals surface area contributed by atoms with E-state index in [-0.39, 0.29) is 25.3 Å². The molecule has 2 amide bonds. The molecule has 2 aromatic carbocycles. The smallest absolute Gasteiger partial charge is 0.357 e. The number of aromatic amines is 1. The number of para-hydroxylation sites is 2. The first-order valence-electron chi connectivity index (χ1n) is 13.1. The first kappa shape index (κ1) is 25.4. The molecule has 0 saturated carbocycles. The molecule has 10 heteroatoms. The van der Waals surface area contributed by atoms with Crippen LogP contribution < -0.4 is 5.32 Å². The van der Waals surface area contributed by atoms with Crippen molar-refractivity contribution in [3.63, 3.8) is 0 Å². The van der Waals surface area contributed by atoms with Crippen LogP contribution in [0.4, 0.5) is 13.2 Å². The zero-order chi connectivity index (χ0) is 27.1. The minimum Gasteiger partial charge on any atom is -0.357 e. The molecule has 1 atom stereocenters. The summed E-state index contributed by atoms with van der Waals surface area (Å²) in [6.07, 6.45) is -2.33. The third-order valence-electron chi connectivity index (χ3n) is 7.93. The predicted octanol–water partition coefficient (Wildman–Crippen LogP) is 4.31. The van der Waals surface area contributed by atoms with E-state index in [1.54, 1.807) is 35.4 Å². The molecule has 7 nitrogen and oxygen atoms in total. The number of carbonyl (C=O) groups excluding carboxylic acids is 2. The zero-order valence-corrected chi connectivity index (χ0v) is 21.2. The SMILES string of the molecule is O=C([C@@H]1Cc2c([nH]c3ccccc23)CN1)N1CCC(N(Cc2ccnc3ccccc23)C(=O)C(F)(F)F)CC1. The van der Waals surface area contributed by atoms with Gasteiger partial charge in [-0.15, -0.1) is 0 Å². The summed E-state index contributed by atoms with van der Waals surface area (Å²) >= 11 is 0. The molecule has 0 radical (unpaired) electrons. The number of carbonyl (C=O) groups is 2. The van der Waals surface area contributed by atoms with Crippen molar-refractivity contribution in [2.45, 2.75) is 50.6 Å². The van der Waals surface area contributed by atoms with Crippen LogP contribution in [-0.2, 0) is 29.1 Å². The van der Waals surface area contributed by atoms with Gasteiger partial charge >= 0.3 is 12.1 Å². The summed E-state index contributed by atoms with van der Waals surface area (Å²) in [7, 11) is 0. The largest absolute Gasteiger partial charge is 0.471 e. The number of benzene rings is 2. The second-order valence-electron chi connectivity index (χ2n) is 10.2. The Morgan fingerprint density at radius 3 is 2.49 bits per heavy atom. The second-order valence-corrected chi connectivity index (χ2v) is 10.2. The Labute approximate surface area is 223 Å². The maximum absolute atomic E-state index is 13.6. The van der Waals surface area contributed by atoms with Gasteiger partial charge in [-0.2, -0.15) is 13.2 Å². The molecule has 202 valence electrons.